The minimum atomic E-state index is 0. The quantitative estimate of drug-likeness (QED) is 0.233. The Morgan fingerprint density at radius 1 is 0.935 bits per heavy atom. The van der Waals surface area contributed by atoms with E-state index >= 15 is 0 Å². The molecular weight excluding hydrogens is 503 g/mol. The van der Waals surface area contributed by atoms with Crippen LogP contribution in [-0.2, 0) is 32.5 Å². The van der Waals surface area contributed by atoms with E-state index < -0.39 is 0 Å². The smallest absolute Gasteiger partial charge is 0.191 e. The van der Waals surface area contributed by atoms with Crippen molar-refractivity contribution in [1.29, 1.82) is 0 Å². The van der Waals surface area contributed by atoms with Gasteiger partial charge in [-0.05, 0) is 29.7 Å². The third-order valence-electron chi connectivity index (χ3n) is 4.89. The van der Waals surface area contributed by atoms with E-state index in [0.717, 1.165) is 47.1 Å². The molecule has 2 aromatic carbocycles. The number of rotatable bonds is 9. The molecule has 0 atom stereocenters. The van der Waals surface area contributed by atoms with Gasteiger partial charge < -0.3 is 19.9 Å². The van der Waals surface area contributed by atoms with Crippen LogP contribution in [0.1, 0.15) is 42.0 Å². The van der Waals surface area contributed by atoms with Crippen molar-refractivity contribution >= 4 is 29.9 Å². The summed E-state index contributed by atoms with van der Waals surface area (Å²) in [6.07, 6.45) is 1.68. The summed E-state index contributed by atoms with van der Waals surface area (Å²) in [5, 5.41) is 10.9. The zero-order chi connectivity index (χ0) is 21.2. The maximum absolute atomic E-state index is 5.80. The molecule has 0 saturated heterocycles. The minimum Gasteiger partial charge on any atom is -0.489 e. The van der Waals surface area contributed by atoms with E-state index in [1.807, 2.05) is 30.3 Å². The molecule has 0 spiro atoms. The number of aliphatic imine (C=N–C) groups is 1. The van der Waals surface area contributed by atoms with Gasteiger partial charge in [-0.15, -0.1) is 24.0 Å². The lowest BCUT2D eigenvalue weighted by Gasteiger charge is -2.13. The number of ether oxygens (including phenoxy) is 1. The van der Waals surface area contributed by atoms with Crippen LogP contribution in [0.5, 0.6) is 5.75 Å². The Labute approximate surface area is 201 Å². The molecular formula is C24H31IN4O2. The summed E-state index contributed by atoms with van der Waals surface area (Å²) < 4.78 is 11.2. The number of aromatic nitrogens is 1. The van der Waals surface area contributed by atoms with Crippen LogP contribution >= 0.6 is 24.0 Å². The number of aryl methyl sites for hydroxylation is 2. The molecule has 0 fully saturated rings. The van der Waals surface area contributed by atoms with E-state index in [4.69, 9.17) is 9.26 Å². The van der Waals surface area contributed by atoms with Crippen LogP contribution in [0.4, 0.5) is 0 Å². The molecule has 0 saturated carbocycles. The van der Waals surface area contributed by atoms with Crippen LogP contribution in [0, 0.1) is 0 Å². The van der Waals surface area contributed by atoms with Crippen molar-refractivity contribution in [3.8, 4) is 5.75 Å². The summed E-state index contributed by atoms with van der Waals surface area (Å²) >= 11 is 0. The van der Waals surface area contributed by atoms with Crippen LogP contribution in [0.25, 0.3) is 0 Å². The topological polar surface area (TPSA) is 71.7 Å². The zero-order valence-corrected chi connectivity index (χ0v) is 20.7. The molecule has 0 aliphatic carbocycles. The van der Waals surface area contributed by atoms with E-state index in [1.54, 1.807) is 7.05 Å². The van der Waals surface area contributed by atoms with Crippen LogP contribution < -0.4 is 15.4 Å². The lowest BCUT2D eigenvalue weighted by molar-refractivity contribution is 0.306. The molecule has 31 heavy (non-hydrogen) atoms. The molecule has 7 heteroatoms. The average molecular weight is 534 g/mol. The highest BCUT2D eigenvalue weighted by atomic mass is 127. The summed E-state index contributed by atoms with van der Waals surface area (Å²) in [5.74, 6) is 2.56. The normalized spacial score (nSPS) is 11.0. The number of halogens is 1. The highest BCUT2D eigenvalue weighted by Gasteiger charge is 2.13. The van der Waals surface area contributed by atoms with Crippen molar-refractivity contribution in [2.24, 2.45) is 4.99 Å². The standard InChI is InChI=1S/C24H30N4O2.HI/c1-4-22-21(23(5-2)30-28-22)16-27-24(25-3)26-15-18-11-13-19(14-12-18)17-29-20-9-7-6-8-10-20;/h6-14H,4-5,15-17H2,1-3H3,(H2,25,26,27);1H. The first kappa shape index (κ1) is 24.7. The molecule has 3 aromatic rings. The monoisotopic (exact) mass is 534 g/mol. The summed E-state index contributed by atoms with van der Waals surface area (Å²) in [6, 6.07) is 18.2. The van der Waals surface area contributed by atoms with Gasteiger partial charge in [0, 0.05) is 32.1 Å². The second-order valence-electron chi connectivity index (χ2n) is 6.94. The fraction of sp³-hybridized carbons (Fsp3) is 0.333. The second kappa shape index (κ2) is 13.0. The SMILES string of the molecule is CCc1noc(CC)c1CNC(=NC)NCc1ccc(COc2ccccc2)cc1.I. The molecule has 166 valence electrons. The van der Waals surface area contributed by atoms with Crippen LogP contribution in [0.3, 0.4) is 0 Å². The van der Waals surface area contributed by atoms with Crippen molar-refractivity contribution in [2.45, 2.75) is 46.4 Å². The van der Waals surface area contributed by atoms with E-state index in [-0.39, 0.29) is 24.0 Å². The number of nitrogens with one attached hydrogen (secondary N) is 2. The van der Waals surface area contributed by atoms with Gasteiger partial charge in [0.2, 0.25) is 0 Å². The van der Waals surface area contributed by atoms with Crippen LogP contribution in [0.15, 0.2) is 64.1 Å². The predicted octanol–water partition coefficient (Wildman–Crippen LogP) is 4.86. The van der Waals surface area contributed by atoms with Gasteiger partial charge in [0.05, 0.1) is 5.69 Å². The van der Waals surface area contributed by atoms with Gasteiger partial charge in [0.25, 0.3) is 0 Å². The van der Waals surface area contributed by atoms with E-state index in [1.165, 1.54) is 5.56 Å². The van der Waals surface area contributed by atoms with Crippen molar-refractivity contribution in [2.75, 3.05) is 7.05 Å². The van der Waals surface area contributed by atoms with Crippen molar-refractivity contribution in [3.63, 3.8) is 0 Å². The lowest BCUT2D eigenvalue weighted by atomic mass is 10.1. The molecule has 2 N–H and O–H groups in total. The molecule has 6 nitrogen and oxygen atoms in total. The first-order valence-electron chi connectivity index (χ1n) is 10.4. The molecule has 0 aliphatic heterocycles. The Hall–Kier alpha value is -2.55. The predicted molar refractivity (Wildman–Crippen MR) is 135 cm³/mol. The van der Waals surface area contributed by atoms with Crippen molar-refractivity contribution < 1.29 is 9.26 Å². The Morgan fingerprint density at radius 2 is 1.61 bits per heavy atom. The highest BCUT2D eigenvalue weighted by Crippen LogP contribution is 2.15. The van der Waals surface area contributed by atoms with E-state index in [9.17, 15) is 0 Å². The van der Waals surface area contributed by atoms with Crippen molar-refractivity contribution in [1.82, 2.24) is 15.8 Å². The first-order chi connectivity index (χ1) is 14.7. The molecule has 0 aliphatic rings. The molecule has 0 radical (unpaired) electrons. The number of hydrogen-bond acceptors (Lipinski definition) is 4. The Balaban J connectivity index is 0.00000341. The maximum atomic E-state index is 5.80. The van der Waals surface area contributed by atoms with Gasteiger partial charge in [-0.3, -0.25) is 4.99 Å². The summed E-state index contributed by atoms with van der Waals surface area (Å²) in [5.41, 5.74) is 4.44. The first-order valence-corrected chi connectivity index (χ1v) is 10.4. The summed E-state index contributed by atoms with van der Waals surface area (Å²) in [4.78, 5) is 4.32. The number of nitrogens with zero attached hydrogens (tertiary/aromatic N) is 2. The van der Waals surface area contributed by atoms with Gasteiger partial charge >= 0.3 is 0 Å². The van der Waals surface area contributed by atoms with Crippen LogP contribution in [-0.4, -0.2) is 18.2 Å². The van der Waals surface area contributed by atoms with Gasteiger partial charge in [-0.2, -0.15) is 0 Å². The maximum Gasteiger partial charge on any atom is 0.191 e. The van der Waals surface area contributed by atoms with Gasteiger partial charge in [-0.1, -0.05) is 61.5 Å². The zero-order valence-electron chi connectivity index (χ0n) is 18.4. The van der Waals surface area contributed by atoms with Crippen LogP contribution in [0.2, 0.25) is 0 Å². The molecule has 0 amide bonds. The number of hydrogen-bond donors (Lipinski definition) is 2. The molecule has 0 bridgehead atoms. The van der Waals surface area contributed by atoms with E-state index in [0.29, 0.717) is 19.7 Å². The Morgan fingerprint density at radius 3 is 2.26 bits per heavy atom. The Kier molecular flexibility index (Phi) is 10.4. The Bertz CT molecular complexity index is 918. The summed E-state index contributed by atoms with van der Waals surface area (Å²) in [7, 11) is 1.77. The van der Waals surface area contributed by atoms with Gasteiger partial charge in [0.15, 0.2) is 5.96 Å². The third-order valence-corrected chi connectivity index (χ3v) is 4.89. The third kappa shape index (κ3) is 7.27. The molecule has 1 heterocycles. The largest absolute Gasteiger partial charge is 0.489 e. The van der Waals surface area contributed by atoms with Gasteiger partial charge in [-0.25, -0.2) is 0 Å². The fourth-order valence-corrected chi connectivity index (χ4v) is 3.15. The molecule has 0 unspecified atom stereocenters. The number of para-hydroxylation sites is 1. The summed E-state index contributed by atoms with van der Waals surface area (Å²) in [6.45, 7) is 6.04. The average Bonchev–Trinajstić information content (AvgIpc) is 3.21. The number of benzene rings is 2. The second-order valence-corrected chi connectivity index (χ2v) is 6.94. The fourth-order valence-electron chi connectivity index (χ4n) is 3.15. The number of guanidine groups is 1. The highest BCUT2D eigenvalue weighted by molar-refractivity contribution is 14.0. The molecule has 1 aromatic heterocycles. The van der Waals surface area contributed by atoms with Crippen molar-refractivity contribution in [3.05, 3.63) is 82.7 Å². The lowest BCUT2D eigenvalue weighted by Crippen LogP contribution is -2.36. The molecule has 3 rings (SSSR count). The van der Waals surface area contributed by atoms with E-state index in [2.05, 4.69) is 58.9 Å². The van der Waals surface area contributed by atoms with Gasteiger partial charge in [0.1, 0.15) is 18.1 Å². The minimum absolute atomic E-state index is 0.